The minimum absolute atomic E-state index is 0.608. The van der Waals surface area contributed by atoms with Gasteiger partial charge in [0.2, 0.25) is 0 Å². The summed E-state index contributed by atoms with van der Waals surface area (Å²) >= 11 is 0. The van der Waals surface area contributed by atoms with Crippen LogP contribution >= 0.6 is 0 Å². The van der Waals surface area contributed by atoms with Crippen molar-refractivity contribution >= 4 is 0 Å². The number of aromatic nitrogens is 2. The molecular formula is C17H25N3. The van der Waals surface area contributed by atoms with E-state index in [4.69, 9.17) is 0 Å². The number of aryl methyl sites for hydroxylation is 2. The monoisotopic (exact) mass is 271 g/mol. The van der Waals surface area contributed by atoms with Crippen LogP contribution in [0.1, 0.15) is 23.6 Å². The summed E-state index contributed by atoms with van der Waals surface area (Å²) in [4.78, 5) is 0. The molecule has 0 aliphatic carbocycles. The molecule has 1 aromatic carbocycles. The summed E-state index contributed by atoms with van der Waals surface area (Å²) in [5, 5.41) is 7.68. The standard InChI is InChI=1S/C17H25N3/c1-4-20-13-17(12-19-20)10-16(11-18-3)9-15-7-5-6-14(2)8-15/h5-8,12-13,16,18H,4,9-11H2,1-3H3. The molecular weight excluding hydrogens is 246 g/mol. The van der Waals surface area contributed by atoms with Gasteiger partial charge in [-0.15, -0.1) is 0 Å². The highest BCUT2D eigenvalue weighted by Gasteiger charge is 2.11. The Kier molecular flexibility index (Phi) is 5.36. The van der Waals surface area contributed by atoms with Gasteiger partial charge in [0.1, 0.15) is 0 Å². The minimum atomic E-state index is 0.608. The molecule has 3 nitrogen and oxygen atoms in total. The number of hydrogen-bond acceptors (Lipinski definition) is 2. The zero-order valence-electron chi connectivity index (χ0n) is 12.8. The largest absolute Gasteiger partial charge is 0.319 e. The Morgan fingerprint density at radius 2 is 2.05 bits per heavy atom. The Bertz CT molecular complexity index is 531. The second-order valence-electron chi connectivity index (χ2n) is 5.53. The van der Waals surface area contributed by atoms with Crippen molar-refractivity contribution in [1.29, 1.82) is 0 Å². The molecule has 2 aromatic rings. The SMILES string of the molecule is CCn1cc(CC(CNC)Cc2cccc(C)c2)cn1. The van der Waals surface area contributed by atoms with E-state index in [1.807, 2.05) is 17.9 Å². The van der Waals surface area contributed by atoms with Gasteiger partial charge < -0.3 is 5.32 Å². The summed E-state index contributed by atoms with van der Waals surface area (Å²) in [6, 6.07) is 8.82. The summed E-state index contributed by atoms with van der Waals surface area (Å²) in [6.07, 6.45) is 6.36. The van der Waals surface area contributed by atoms with E-state index in [2.05, 4.69) is 54.7 Å². The maximum atomic E-state index is 4.37. The molecule has 1 N–H and O–H groups in total. The molecule has 0 aliphatic rings. The predicted molar refractivity (Wildman–Crippen MR) is 83.9 cm³/mol. The molecule has 0 saturated carbocycles. The molecule has 1 aromatic heterocycles. The van der Waals surface area contributed by atoms with Crippen molar-refractivity contribution in [3.05, 3.63) is 53.3 Å². The summed E-state index contributed by atoms with van der Waals surface area (Å²) in [6.45, 7) is 6.25. The first kappa shape index (κ1) is 14.8. The Balaban J connectivity index is 2.02. The lowest BCUT2D eigenvalue weighted by atomic mass is 9.93. The molecule has 3 heteroatoms. The maximum Gasteiger partial charge on any atom is 0.0521 e. The highest BCUT2D eigenvalue weighted by Crippen LogP contribution is 2.15. The molecule has 0 bridgehead atoms. The fraction of sp³-hybridized carbons (Fsp3) is 0.471. The summed E-state index contributed by atoms with van der Waals surface area (Å²) in [7, 11) is 2.03. The highest BCUT2D eigenvalue weighted by atomic mass is 15.3. The van der Waals surface area contributed by atoms with Gasteiger partial charge >= 0.3 is 0 Å². The van der Waals surface area contributed by atoms with Gasteiger partial charge in [-0.2, -0.15) is 5.10 Å². The van der Waals surface area contributed by atoms with Crippen LogP contribution in [-0.2, 0) is 19.4 Å². The van der Waals surface area contributed by atoms with Gasteiger partial charge in [0, 0.05) is 12.7 Å². The third kappa shape index (κ3) is 4.20. The van der Waals surface area contributed by atoms with Crippen molar-refractivity contribution in [2.24, 2.45) is 5.92 Å². The van der Waals surface area contributed by atoms with Crippen LogP contribution in [0.15, 0.2) is 36.7 Å². The molecule has 0 spiro atoms. The van der Waals surface area contributed by atoms with Crippen molar-refractivity contribution in [3.8, 4) is 0 Å². The van der Waals surface area contributed by atoms with Crippen molar-refractivity contribution in [3.63, 3.8) is 0 Å². The number of rotatable bonds is 7. The van der Waals surface area contributed by atoms with E-state index in [-0.39, 0.29) is 0 Å². The van der Waals surface area contributed by atoms with E-state index in [1.54, 1.807) is 0 Å². The lowest BCUT2D eigenvalue weighted by molar-refractivity contribution is 0.493. The Hall–Kier alpha value is -1.61. The molecule has 1 atom stereocenters. The Labute approximate surface area is 122 Å². The topological polar surface area (TPSA) is 29.9 Å². The van der Waals surface area contributed by atoms with E-state index in [1.165, 1.54) is 16.7 Å². The van der Waals surface area contributed by atoms with Crippen molar-refractivity contribution in [1.82, 2.24) is 15.1 Å². The van der Waals surface area contributed by atoms with Gasteiger partial charge in [-0.25, -0.2) is 0 Å². The molecule has 20 heavy (non-hydrogen) atoms. The maximum absolute atomic E-state index is 4.37. The van der Waals surface area contributed by atoms with Gasteiger partial charge in [-0.1, -0.05) is 29.8 Å². The molecule has 108 valence electrons. The van der Waals surface area contributed by atoms with Gasteiger partial charge in [-0.05, 0) is 57.3 Å². The molecule has 0 fully saturated rings. The highest BCUT2D eigenvalue weighted by molar-refractivity contribution is 5.23. The van der Waals surface area contributed by atoms with E-state index in [0.29, 0.717) is 5.92 Å². The van der Waals surface area contributed by atoms with Gasteiger partial charge in [-0.3, -0.25) is 4.68 Å². The average molecular weight is 271 g/mol. The van der Waals surface area contributed by atoms with E-state index in [0.717, 1.165) is 25.9 Å². The zero-order valence-corrected chi connectivity index (χ0v) is 12.8. The van der Waals surface area contributed by atoms with E-state index >= 15 is 0 Å². The molecule has 1 heterocycles. The first-order valence-corrected chi connectivity index (χ1v) is 7.42. The fourth-order valence-corrected chi connectivity index (χ4v) is 2.70. The quantitative estimate of drug-likeness (QED) is 0.839. The van der Waals surface area contributed by atoms with E-state index < -0.39 is 0 Å². The Morgan fingerprint density at radius 1 is 1.25 bits per heavy atom. The van der Waals surface area contributed by atoms with E-state index in [9.17, 15) is 0 Å². The van der Waals surface area contributed by atoms with Crippen LogP contribution in [0.2, 0.25) is 0 Å². The van der Waals surface area contributed by atoms with Crippen molar-refractivity contribution in [2.45, 2.75) is 33.2 Å². The first-order chi connectivity index (χ1) is 9.71. The third-order valence-corrected chi connectivity index (χ3v) is 3.63. The smallest absolute Gasteiger partial charge is 0.0521 e. The fourth-order valence-electron chi connectivity index (χ4n) is 2.70. The second kappa shape index (κ2) is 7.25. The van der Waals surface area contributed by atoms with Crippen LogP contribution in [0.3, 0.4) is 0 Å². The molecule has 1 unspecified atom stereocenters. The normalized spacial score (nSPS) is 12.6. The summed E-state index contributed by atoms with van der Waals surface area (Å²) < 4.78 is 2.00. The van der Waals surface area contributed by atoms with Crippen molar-refractivity contribution in [2.75, 3.05) is 13.6 Å². The van der Waals surface area contributed by atoms with Crippen LogP contribution < -0.4 is 5.32 Å². The first-order valence-electron chi connectivity index (χ1n) is 7.42. The van der Waals surface area contributed by atoms with Crippen LogP contribution in [0.5, 0.6) is 0 Å². The third-order valence-electron chi connectivity index (χ3n) is 3.63. The number of benzene rings is 1. The summed E-state index contributed by atoms with van der Waals surface area (Å²) in [5.41, 5.74) is 4.09. The second-order valence-corrected chi connectivity index (χ2v) is 5.53. The molecule has 0 amide bonds. The molecule has 0 aliphatic heterocycles. The number of nitrogens with one attached hydrogen (secondary N) is 1. The van der Waals surface area contributed by atoms with Crippen LogP contribution in [0, 0.1) is 12.8 Å². The van der Waals surface area contributed by atoms with Crippen LogP contribution in [0.4, 0.5) is 0 Å². The lowest BCUT2D eigenvalue weighted by Crippen LogP contribution is -2.22. The minimum Gasteiger partial charge on any atom is -0.319 e. The van der Waals surface area contributed by atoms with Crippen LogP contribution in [-0.4, -0.2) is 23.4 Å². The molecule has 0 radical (unpaired) electrons. The number of hydrogen-bond donors (Lipinski definition) is 1. The lowest BCUT2D eigenvalue weighted by Gasteiger charge is -2.16. The summed E-state index contributed by atoms with van der Waals surface area (Å²) in [5.74, 6) is 0.608. The van der Waals surface area contributed by atoms with Crippen LogP contribution in [0.25, 0.3) is 0 Å². The zero-order chi connectivity index (χ0) is 14.4. The Morgan fingerprint density at radius 3 is 2.70 bits per heavy atom. The van der Waals surface area contributed by atoms with Gasteiger partial charge in [0.15, 0.2) is 0 Å². The average Bonchev–Trinajstić information content (AvgIpc) is 2.87. The van der Waals surface area contributed by atoms with Crippen molar-refractivity contribution < 1.29 is 0 Å². The van der Waals surface area contributed by atoms with Gasteiger partial charge in [0.25, 0.3) is 0 Å². The molecule has 2 rings (SSSR count). The van der Waals surface area contributed by atoms with Gasteiger partial charge in [0.05, 0.1) is 6.20 Å². The number of nitrogens with zero attached hydrogens (tertiary/aromatic N) is 2. The molecule has 0 saturated heterocycles. The predicted octanol–water partition coefficient (Wildman–Crippen LogP) is 2.83.